The Morgan fingerprint density at radius 1 is 1.08 bits per heavy atom. The molecule has 1 N–H and O–H groups in total. The summed E-state index contributed by atoms with van der Waals surface area (Å²) in [5, 5.41) is 17.1. The van der Waals surface area contributed by atoms with Crippen LogP contribution in [-0.2, 0) is 6.42 Å². The van der Waals surface area contributed by atoms with Crippen molar-refractivity contribution in [1.82, 2.24) is 14.9 Å². The van der Waals surface area contributed by atoms with Crippen molar-refractivity contribution in [2.45, 2.75) is 19.3 Å². The molecule has 3 aromatic rings. The van der Waals surface area contributed by atoms with Crippen molar-refractivity contribution in [1.29, 1.82) is 0 Å². The fourth-order valence-electron chi connectivity index (χ4n) is 4.34. The second-order valence-corrected chi connectivity index (χ2v) is 9.73. The molecule has 0 unspecified atom stereocenters. The maximum absolute atomic E-state index is 13.1. The summed E-state index contributed by atoms with van der Waals surface area (Å²) in [6.45, 7) is 1.83. The smallest absolute Gasteiger partial charge is 0.251 e. The van der Waals surface area contributed by atoms with Gasteiger partial charge in [-0.05, 0) is 35.7 Å². The number of benzene rings is 2. The maximum Gasteiger partial charge on any atom is 0.251 e. The normalized spacial score (nSPS) is 19.5. The van der Waals surface area contributed by atoms with Gasteiger partial charge in [-0.1, -0.05) is 35.3 Å². The minimum atomic E-state index is -0.349. The summed E-state index contributed by atoms with van der Waals surface area (Å²) in [6.07, 6.45) is 5.42. The zero-order valence-electron chi connectivity index (χ0n) is 20.1. The van der Waals surface area contributed by atoms with Crippen LogP contribution in [-0.4, -0.2) is 44.2 Å². The molecule has 36 heavy (non-hydrogen) atoms. The summed E-state index contributed by atoms with van der Waals surface area (Å²) in [4.78, 5) is 16.9. The first-order chi connectivity index (χ1) is 17.4. The van der Waals surface area contributed by atoms with Gasteiger partial charge in [0.1, 0.15) is 22.2 Å². The summed E-state index contributed by atoms with van der Waals surface area (Å²) in [5.41, 5.74) is 2.21. The number of aromatic nitrogens is 1. The molecule has 0 saturated carbocycles. The van der Waals surface area contributed by atoms with E-state index in [1.165, 1.54) is 7.11 Å². The third-order valence-electron chi connectivity index (χ3n) is 6.53. The van der Waals surface area contributed by atoms with Crippen LogP contribution >= 0.6 is 23.2 Å². The van der Waals surface area contributed by atoms with E-state index in [2.05, 4.69) is 10.3 Å². The number of piperidine rings is 1. The number of hydrogen-bond donors (Lipinski definition) is 1. The first-order valence-corrected chi connectivity index (χ1v) is 12.7. The molecule has 0 atom stereocenters. The standard InChI is InChI=1S/C27H29Cl2N3O4/c1-35-24-16-21(17-25(26(24)29)36-15-10-19-2-4-22(28)5-3-19)27(33)31-18-20-8-13-32(34,14-9-20)23-6-11-30-12-7-23/h2-7,11-12,16-17,20H,8-10,13-15,18H2,1H3,(H,31,33). The molecule has 2 heterocycles. The summed E-state index contributed by atoms with van der Waals surface area (Å²) in [7, 11) is 1.50. The lowest BCUT2D eigenvalue weighted by atomic mass is 9.95. The summed E-state index contributed by atoms with van der Waals surface area (Å²) >= 11 is 12.4. The lowest BCUT2D eigenvalue weighted by Crippen LogP contribution is -2.50. The average molecular weight is 530 g/mol. The number of carbonyl (C=O) groups is 1. The molecule has 0 aliphatic carbocycles. The molecule has 190 valence electrons. The van der Waals surface area contributed by atoms with Crippen LogP contribution in [0.3, 0.4) is 0 Å². The number of nitrogens with one attached hydrogen (secondary N) is 1. The number of hydrogen-bond acceptors (Lipinski definition) is 5. The SMILES string of the molecule is COc1cc(C(=O)NCC2CC[N+]([O-])(c3ccncc3)CC2)cc(OCCc2ccc(Cl)cc2)c1Cl. The van der Waals surface area contributed by atoms with E-state index in [0.29, 0.717) is 59.8 Å². The van der Waals surface area contributed by atoms with E-state index in [-0.39, 0.29) is 16.5 Å². The Bertz CT molecular complexity index is 1170. The zero-order valence-corrected chi connectivity index (χ0v) is 21.6. The van der Waals surface area contributed by atoms with Gasteiger partial charge < -0.3 is 24.6 Å². The monoisotopic (exact) mass is 529 g/mol. The van der Waals surface area contributed by atoms with E-state index >= 15 is 0 Å². The number of rotatable bonds is 9. The van der Waals surface area contributed by atoms with Gasteiger partial charge in [-0.2, -0.15) is 0 Å². The van der Waals surface area contributed by atoms with Gasteiger partial charge in [-0.3, -0.25) is 9.78 Å². The van der Waals surface area contributed by atoms with Crippen LogP contribution in [0.4, 0.5) is 5.69 Å². The molecular formula is C27H29Cl2N3O4. The van der Waals surface area contributed by atoms with Crippen LogP contribution in [0.5, 0.6) is 11.5 Å². The fraction of sp³-hybridized carbons (Fsp3) is 0.333. The highest BCUT2D eigenvalue weighted by atomic mass is 35.5. The third-order valence-corrected chi connectivity index (χ3v) is 7.16. The van der Waals surface area contributed by atoms with Crippen molar-refractivity contribution in [2.24, 2.45) is 5.92 Å². The number of pyridine rings is 1. The number of halogens is 2. The van der Waals surface area contributed by atoms with Crippen LogP contribution in [0, 0.1) is 11.1 Å². The number of hydroxylamine groups is 2. The van der Waals surface area contributed by atoms with E-state index in [4.69, 9.17) is 32.7 Å². The van der Waals surface area contributed by atoms with Gasteiger partial charge in [0.15, 0.2) is 0 Å². The predicted octanol–water partition coefficient (Wildman–Crippen LogP) is 5.66. The largest absolute Gasteiger partial charge is 0.627 e. The number of nitrogens with zero attached hydrogens (tertiary/aromatic N) is 2. The van der Waals surface area contributed by atoms with Crippen molar-refractivity contribution in [3.63, 3.8) is 0 Å². The maximum atomic E-state index is 13.1. The third kappa shape index (κ3) is 6.48. The Kier molecular flexibility index (Phi) is 8.69. The summed E-state index contributed by atoms with van der Waals surface area (Å²) in [5.74, 6) is 0.753. The second-order valence-electron chi connectivity index (χ2n) is 8.91. The van der Waals surface area contributed by atoms with Gasteiger partial charge in [0.25, 0.3) is 5.91 Å². The van der Waals surface area contributed by atoms with Crippen molar-refractivity contribution in [3.05, 3.63) is 87.3 Å². The Morgan fingerprint density at radius 2 is 1.75 bits per heavy atom. The van der Waals surface area contributed by atoms with Gasteiger partial charge >= 0.3 is 0 Å². The molecule has 0 spiro atoms. The van der Waals surface area contributed by atoms with Crippen LogP contribution in [0.1, 0.15) is 28.8 Å². The Balaban J connectivity index is 1.33. The molecule has 0 radical (unpaired) electrons. The molecule has 1 aromatic heterocycles. The summed E-state index contributed by atoms with van der Waals surface area (Å²) in [6, 6.07) is 14.3. The average Bonchev–Trinajstić information content (AvgIpc) is 2.90. The molecule has 7 nitrogen and oxygen atoms in total. The minimum Gasteiger partial charge on any atom is -0.627 e. The highest BCUT2D eigenvalue weighted by molar-refractivity contribution is 6.33. The minimum absolute atomic E-state index is 0.236. The van der Waals surface area contributed by atoms with E-state index in [0.717, 1.165) is 24.1 Å². The van der Waals surface area contributed by atoms with Crippen molar-refractivity contribution < 1.29 is 14.3 Å². The van der Waals surface area contributed by atoms with Gasteiger partial charge in [-0.15, -0.1) is 0 Å². The van der Waals surface area contributed by atoms with E-state index in [1.54, 1.807) is 36.7 Å². The van der Waals surface area contributed by atoms with Crippen LogP contribution < -0.4 is 19.4 Å². The number of ether oxygens (including phenoxy) is 2. The quantitative estimate of drug-likeness (QED) is 0.285. The first-order valence-electron chi connectivity index (χ1n) is 11.9. The van der Waals surface area contributed by atoms with Crippen molar-refractivity contribution >= 4 is 34.8 Å². The van der Waals surface area contributed by atoms with Crippen LogP contribution in [0.15, 0.2) is 60.9 Å². The van der Waals surface area contributed by atoms with Gasteiger partial charge in [0.2, 0.25) is 0 Å². The molecule has 1 amide bonds. The van der Waals surface area contributed by atoms with Crippen LogP contribution in [0.25, 0.3) is 0 Å². The molecule has 2 aromatic carbocycles. The Morgan fingerprint density at radius 3 is 2.42 bits per heavy atom. The van der Waals surface area contributed by atoms with Crippen molar-refractivity contribution in [3.8, 4) is 11.5 Å². The van der Waals surface area contributed by atoms with Gasteiger partial charge in [-0.25, -0.2) is 0 Å². The van der Waals surface area contributed by atoms with E-state index in [1.807, 2.05) is 24.3 Å². The second kappa shape index (κ2) is 11.9. The van der Waals surface area contributed by atoms with Gasteiger partial charge in [0, 0.05) is 60.9 Å². The molecular weight excluding hydrogens is 501 g/mol. The number of methoxy groups -OCH3 is 1. The molecule has 1 fully saturated rings. The summed E-state index contributed by atoms with van der Waals surface area (Å²) < 4.78 is 10.9. The first kappa shape index (κ1) is 26.2. The molecule has 4 rings (SSSR count). The lowest BCUT2D eigenvalue weighted by molar-refractivity contribution is 0.0940. The number of quaternary nitrogens is 1. The number of carbonyl (C=O) groups excluding carboxylic acids is 1. The molecule has 0 bridgehead atoms. The molecule has 1 saturated heterocycles. The Labute approximate surface area is 221 Å². The highest BCUT2D eigenvalue weighted by Crippen LogP contribution is 2.36. The van der Waals surface area contributed by atoms with E-state index in [9.17, 15) is 10.0 Å². The van der Waals surface area contributed by atoms with Crippen LogP contribution in [0.2, 0.25) is 10.0 Å². The fourth-order valence-corrected chi connectivity index (χ4v) is 4.71. The molecule has 1 aliphatic heterocycles. The molecule has 1 aliphatic rings. The molecule has 9 heteroatoms. The number of amides is 1. The topological polar surface area (TPSA) is 83.5 Å². The van der Waals surface area contributed by atoms with Gasteiger partial charge in [0.05, 0.1) is 26.8 Å². The predicted molar refractivity (Wildman–Crippen MR) is 143 cm³/mol. The Hall–Kier alpha value is -2.84. The van der Waals surface area contributed by atoms with Crippen molar-refractivity contribution in [2.75, 3.05) is 33.4 Å². The zero-order chi connectivity index (χ0) is 25.5. The lowest BCUT2D eigenvalue weighted by Gasteiger charge is -2.46. The van der Waals surface area contributed by atoms with E-state index < -0.39 is 0 Å². The highest BCUT2D eigenvalue weighted by Gasteiger charge is 2.29.